The van der Waals surface area contributed by atoms with E-state index < -0.39 is 10.8 Å². The van der Waals surface area contributed by atoms with Gasteiger partial charge in [0.15, 0.2) is 0 Å². The lowest BCUT2D eigenvalue weighted by Gasteiger charge is -2.07. The van der Waals surface area contributed by atoms with E-state index in [1.54, 1.807) is 6.07 Å². The molecule has 96 valence electrons. The van der Waals surface area contributed by atoms with Gasteiger partial charge < -0.3 is 5.32 Å². The Labute approximate surface area is 103 Å². The fraction of sp³-hybridized carbons (Fsp3) is 0.364. The molecule has 1 fully saturated rings. The van der Waals surface area contributed by atoms with Gasteiger partial charge in [-0.2, -0.15) is 0 Å². The zero-order valence-electron chi connectivity index (χ0n) is 9.80. The molecule has 0 aliphatic heterocycles. The van der Waals surface area contributed by atoms with Crippen LogP contribution in [-0.4, -0.2) is 24.0 Å². The summed E-state index contributed by atoms with van der Waals surface area (Å²) in [5.74, 6) is -0.515. The average molecular weight is 251 g/mol. The molecule has 1 aliphatic carbocycles. The Morgan fingerprint density at radius 1 is 1.50 bits per heavy atom. The fourth-order valence-electron chi connectivity index (χ4n) is 1.55. The minimum Gasteiger partial charge on any atom is -0.377 e. The molecule has 0 aromatic heterocycles. The molecular formula is C11H13N3O4. The number of anilines is 1. The molecule has 7 heteroatoms. The Balaban J connectivity index is 2.26. The molecule has 18 heavy (non-hydrogen) atoms. The first kappa shape index (κ1) is 12.3. The Morgan fingerprint density at radius 3 is 2.78 bits per heavy atom. The summed E-state index contributed by atoms with van der Waals surface area (Å²) in [5, 5.41) is 14.0. The SMILES string of the molecule is CONC(=O)c1ccc(NC2CC2)c([N+](=O)[O-])c1. The van der Waals surface area contributed by atoms with Crippen LogP contribution in [0.1, 0.15) is 23.2 Å². The van der Waals surface area contributed by atoms with Crippen LogP contribution in [-0.2, 0) is 4.84 Å². The lowest BCUT2D eigenvalue weighted by Crippen LogP contribution is -2.21. The maximum atomic E-state index is 11.5. The summed E-state index contributed by atoms with van der Waals surface area (Å²) in [5.41, 5.74) is 2.64. The molecule has 1 aromatic carbocycles. The number of hydroxylamine groups is 1. The van der Waals surface area contributed by atoms with Gasteiger partial charge in [0, 0.05) is 17.7 Å². The van der Waals surface area contributed by atoms with Crippen LogP contribution in [0.15, 0.2) is 18.2 Å². The van der Waals surface area contributed by atoms with Gasteiger partial charge in [0.05, 0.1) is 12.0 Å². The maximum Gasteiger partial charge on any atom is 0.293 e. The summed E-state index contributed by atoms with van der Waals surface area (Å²) in [6, 6.07) is 4.61. The van der Waals surface area contributed by atoms with Crippen molar-refractivity contribution in [3.63, 3.8) is 0 Å². The molecule has 1 aromatic rings. The first-order valence-electron chi connectivity index (χ1n) is 5.50. The van der Waals surface area contributed by atoms with E-state index in [1.807, 2.05) is 0 Å². The van der Waals surface area contributed by atoms with Crippen molar-refractivity contribution >= 4 is 17.3 Å². The van der Waals surface area contributed by atoms with Gasteiger partial charge in [-0.3, -0.25) is 19.7 Å². The van der Waals surface area contributed by atoms with Crippen molar-refractivity contribution in [2.24, 2.45) is 0 Å². The first-order chi connectivity index (χ1) is 8.61. The van der Waals surface area contributed by atoms with Crippen LogP contribution in [0.5, 0.6) is 0 Å². The number of hydrogen-bond donors (Lipinski definition) is 2. The van der Waals surface area contributed by atoms with Crippen molar-refractivity contribution in [3.8, 4) is 0 Å². The van der Waals surface area contributed by atoms with Gasteiger partial charge in [0.1, 0.15) is 5.69 Å². The van der Waals surface area contributed by atoms with Crippen molar-refractivity contribution in [1.82, 2.24) is 5.48 Å². The molecule has 0 atom stereocenters. The van der Waals surface area contributed by atoms with Gasteiger partial charge in [-0.1, -0.05) is 0 Å². The summed E-state index contributed by atoms with van der Waals surface area (Å²) in [6.45, 7) is 0. The summed E-state index contributed by atoms with van der Waals surface area (Å²) in [4.78, 5) is 26.4. The molecule has 0 heterocycles. The summed E-state index contributed by atoms with van der Waals surface area (Å²) in [7, 11) is 1.30. The molecule has 7 nitrogen and oxygen atoms in total. The van der Waals surface area contributed by atoms with E-state index in [0.29, 0.717) is 11.7 Å². The topological polar surface area (TPSA) is 93.5 Å². The molecule has 1 aliphatic rings. The number of rotatable bonds is 5. The molecule has 2 rings (SSSR count). The van der Waals surface area contributed by atoms with E-state index in [2.05, 4.69) is 15.6 Å². The normalized spacial score (nSPS) is 14.1. The van der Waals surface area contributed by atoms with Crippen LogP contribution in [0.3, 0.4) is 0 Å². The van der Waals surface area contributed by atoms with Crippen LogP contribution >= 0.6 is 0 Å². The number of nitro groups is 1. The maximum absolute atomic E-state index is 11.5. The van der Waals surface area contributed by atoms with Crippen molar-refractivity contribution in [1.29, 1.82) is 0 Å². The highest BCUT2D eigenvalue weighted by atomic mass is 16.6. The molecule has 1 saturated carbocycles. The van der Waals surface area contributed by atoms with E-state index in [1.165, 1.54) is 19.2 Å². The highest BCUT2D eigenvalue weighted by Crippen LogP contribution is 2.31. The molecule has 0 unspecified atom stereocenters. The van der Waals surface area contributed by atoms with Crippen molar-refractivity contribution in [3.05, 3.63) is 33.9 Å². The summed E-state index contributed by atoms with van der Waals surface area (Å²) in [6.07, 6.45) is 2.03. The van der Waals surface area contributed by atoms with Gasteiger partial charge in [0.2, 0.25) is 0 Å². The molecule has 0 spiro atoms. The Hall–Kier alpha value is -2.15. The number of carbonyl (C=O) groups excluding carboxylic acids is 1. The van der Waals surface area contributed by atoms with E-state index in [0.717, 1.165) is 12.8 Å². The van der Waals surface area contributed by atoms with Crippen LogP contribution in [0.2, 0.25) is 0 Å². The lowest BCUT2D eigenvalue weighted by atomic mass is 10.1. The monoisotopic (exact) mass is 251 g/mol. The van der Waals surface area contributed by atoms with E-state index in [-0.39, 0.29) is 11.3 Å². The smallest absolute Gasteiger partial charge is 0.293 e. The molecule has 0 radical (unpaired) electrons. The number of benzene rings is 1. The molecule has 0 bridgehead atoms. The van der Waals surface area contributed by atoms with E-state index in [9.17, 15) is 14.9 Å². The van der Waals surface area contributed by atoms with Crippen LogP contribution < -0.4 is 10.8 Å². The van der Waals surface area contributed by atoms with Crippen LogP contribution in [0, 0.1) is 10.1 Å². The van der Waals surface area contributed by atoms with Crippen molar-refractivity contribution < 1.29 is 14.6 Å². The summed E-state index contributed by atoms with van der Waals surface area (Å²) < 4.78 is 0. The zero-order chi connectivity index (χ0) is 13.1. The largest absolute Gasteiger partial charge is 0.377 e. The Kier molecular flexibility index (Phi) is 3.42. The van der Waals surface area contributed by atoms with Gasteiger partial charge in [0.25, 0.3) is 11.6 Å². The van der Waals surface area contributed by atoms with E-state index >= 15 is 0 Å². The number of nitro benzene ring substituents is 1. The number of hydrogen-bond acceptors (Lipinski definition) is 5. The minimum atomic E-state index is -0.515. The van der Waals surface area contributed by atoms with E-state index in [4.69, 9.17) is 0 Å². The first-order valence-corrected chi connectivity index (χ1v) is 5.50. The third-order valence-electron chi connectivity index (χ3n) is 2.59. The van der Waals surface area contributed by atoms with Crippen LogP contribution in [0.4, 0.5) is 11.4 Å². The Morgan fingerprint density at radius 2 is 2.22 bits per heavy atom. The second kappa shape index (κ2) is 5.01. The predicted molar refractivity (Wildman–Crippen MR) is 64.2 cm³/mol. The third kappa shape index (κ3) is 2.75. The second-order valence-electron chi connectivity index (χ2n) is 4.04. The Bertz CT molecular complexity index is 485. The van der Waals surface area contributed by atoms with Gasteiger partial charge in [-0.15, -0.1) is 0 Å². The standard InChI is InChI=1S/C11H13N3O4/c1-18-13-11(15)7-2-5-9(12-8-3-4-8)10(6-7)14(16)17/h2,5-6,8,12H,3-4H2,1H3,(H,13,15). The van der Waals surface area contributed by atoms with Crippen molar-refractivity contribution in [2.75, 3.05) is 12.4 Å². The fourth-order valence-corrected chi connectivity index (χ4v) is 1.55. The minimum absolute atomic E-state index is 0.106. The lowest BCUT2D eigenvalue weighted by molar-refractivity contribution is -0.384. The second-order valence-corrected chi connectivity index (χ2v) is 4.04. The quantitative estimate of drug-likeness (QED) is 0.610. The van der Waals surface area contributed by atoms with Gasteiger partial charge in [-0.05, 0) is 25.0 Å². The number of amides is 1. The number of carbonyl (C=O) groups is 1. The van der Waals surface area contributed by atoms with Gasteiger partial charge >= 0.3 is 0 Å². The average Bonchev–Trinajstić information content (AvgIpc) is 3.13. The third-order valence-corrected chi connectivity index (χ3v) is 2.59. The predicted octanol–water partition coefficient (Wildman–Crippen LogP) is 1.46. The van der Waals surface area contributed by atoms with Gasteiger partial charge in [-0.25, -0.2) is 5.48 Å². The number of nitrogens with zero attached hydrogens (tertiary/aromatic N) is 1. The highest BCUT2D eigenvalue weighted by Gasteiger charge is 2.25. The van der Waals surface area contributed by atoms with Crippen LogP contribution in [0.25, 0.3) is 0 Å². The number of nitrogens with one attached hydrogen (secondary N) is 2. The zero-order valence-corrected chi connectivity index (χ0v) is 9.80. The molecule has 2 N–H and O–H groups in total. The highest BCUT2D eigenvalue weighted by molar-refractivity contribution is 5.95. The molecular weight excluding hydrogens is 238 g/mol. The molecule has 0 saturated heterocycles. The van der Waals surface area contributed by atoms with Crippen molar-refractivity contribution in [2.45, 2.75) is 18.9 Å². The molecule has 1 amide bonds. The summed E-state index contributed by atoms with van der Waals surface area (Å²) >= 11 is 0.